The Bertz CT molecular complexity index is 706. The fraction of sp³-hybridized carbons (Fsp3) is 0.591. The Balaban J connectivity index is 1.29. The Hall–Kier alpha value is -1.92. The molecule has 0 spiro atoms. The van der Waals surface area contributed by atoms with E-state index in [2.05, 4.69) is 4.90 Å². The highest BCUT2D eigenvalue weighted by molar-refractivity contribution is 5.91. The molecule has 0 atom stereocenters. The minimum atomic E-state index is -0.365. The third kappa shape index (κ3) is 4.73. The Kier molecular flexibility index (Phi) is 6.27. The van der Waals surface area contributed by atoms with Crippen molar-refractivity contribution in [2.45, 2.75) is 44.2 Å². The van der Waals surface area contributed by atoms with Gasteiger partial charge in [0.25, 0.3) is 0 Å². The highest BCUT2D eigenvalue weighted by Gasteiger charge is 2.29. The summed E-state index contributed by atoms with van der Waals surface area (Å²) in [6, 6.07) is 5.68. The molecule has 0 N–H and O–H groups in total. The van der Waals surface area contributed by atoms with E-state index in [1.807, 2.05) is 0 Å². The second-order valence-electron chi connectivity index (χ2n) is 7.89. The fourth-order valence-corrected chi connectivity index (χ4v) is 4.07. The quantitative estimate of drug-likeness (QED) is 0.727. The Morgan fingerprint density at radius 3 is 2.50 bits per heavy atom. The number of rotatable bonds is 5. The monoisotopic (exact) mass is 388 g/mol. The van der Waals surface area contributed by atoms with Crippen LogP contribution in [0.5, 0.6) is 5.75 Å². The summed E-state index contributed by atoms with van der Waals surface area (Å²) in [4.78, 5) is 16.4. The van der Waals surface area contributed by atoms with Gasteiger partial charge in [0, 0.05) is 49.9 Å². The SMILES string of the molecule is O=C(/C=C/c1ccc(OC2CCN(C3CCC3)CC2)cc1F)N1CCOCC1. The summed E-state index contributed by atoms with van der Waals surface area (Å²) >= 11 is 0. The van der Waals surface area contributed by atoms with Gasteiger partial charge in [-0.1, -0.05) is 6.42 Å². The Labute approximate surface area is 166 Å². The van der Waals surface area contributed by atoms with Crippen LogP contribution in [-0.4, -0.2) is 67.2 Å². The molecule has 3 fully saturated rings. The lowest BCUT2D eigenvalue weighted by molar-refractivity contribution is -0.129. The number of carbonyl (C=O) groups is 1. The maximum absolute atomic E-state index is 14.4. The van der Waals surface area contributed by atoms with Crippen molar-refractivity contribution in [1.82, 2.24) is 9.80 Å². The molecule has 0 unspecified atom stereocenters. The number of amides is 1. The van der Waals surface area contributed by atoms with E-state index < -0.39 is 0 Å². The van der Waals surface area contributed by atoms with Gasteiger partial charge in [0.2, 0.25) is 5.91 Å². The van der Waals surface area contributed by atoms with Crippen molar-refractivity contribution in [2.75, 3.05) is 39.4 Å². The highest BCUT2D eigenvalue weighted by atomic mass is 19.1. The Morgan fingerprint density at radius 1 is 1.11 bits per heavy atom. The number of halogens is 1. The van der Waals surface area contributed by atoms with E-state index in [0.29, 0.717) is 37.6 Å². The van der Waals surface area contributed by atoms with Crippen LogP contribution in [0.1, 0.15) is 37.7 Å². The zero-order chi connectivity index (χ0) is 19.3. The summed E-state index contributed by atoms with van der Waals surface area (Å²) in [6.45, 7) is 4.42. The summed E-state index contributed by atoms with van der Waals surface area (Å²) in [5.74, 6) is 0.0907. The van der Waals surface area contributed by atoms with Gasteiger partial charge in [0.05, 0.1) is 13.2 Å². The first-order chi connectivity index (χ1) is 13.7. The third-order valence-electron chi connectivity index (χ3n) is 6.07. The normalized spacial score (nSPS) is 22.4. The molecule has 152 valence electrons. The molecule has 1 aliphatic carbocycles. The standard InChI is InChI=1S/C22H29FN2O3/c23-21-16-20(28-19-8-10-24(11-9-19)18-2-1-3-18)6-4-17(21)5-7-22(26)25-12-14-27-15-13-25/h4-7,16,18-19H,1-3,8-15H2/b7-5+. The molecule has 6 heteroatoms. The van der Waals surface area contributed by atoms with Gasteiger partial charge < -0.3 is 19.3 Å². The molecule has 3 aliphatic rings. The number of likely N-dealkylation sites (tertiary alicyclic amines) is 1. The van der Waals surface area contributed by atoms with Crippen molar-refractivity contribution in [3.8, 4) is 5.75 Å². The van der Waals surface area contributed by atoms with Crippen LogP contribution in [0.15, 0.2) is 24.3 Å². The van der Waals surface area contributed by atoms with Crippen LogP contribution in [-0.2, 0) is 9.53 Å². The van der Waals surface area contributed by atoms with E-state index in [-0.39, 0.29) is 17.8 Å². The number of benzene rings is 1. The fourth-order valence-electron chi connectivity index (χ4n) is 4.07. The van der Waals surface area contributed by atoms with Crippen LogP contribution in [0.4, 0.5) is 4.39 Å². The Morgan fingerprint density at radius 2 is 1.86 bits per heavy atom. The van der Waals surface area contributed by atoms with Crippen LogP contribution in [0.3, 0.4) is 0 Å². The number of nitrogens with zero attached hydrogens (tertiary/aromatic N) is 2. The van der Waals surface area contributed by atoms with E-state index in [0.717, 1.165) is 32.0 Å². The molecule has 2 aliphatic heterocycles. The molecule has 1 aromatic rings. The minimum absolute atomic E-state index is 0.110. The lowest BCUT2D eigenvalue weighted by Crippen LogP contribution is -2.46. The van der Waals surface area contributed by atoms with Crippen molar-refractivity contribution in [1.29, 1.82) is 0 Å². The second-order valence-corrected chi connectivity index (χ2v) is 7.89. The van der Waals surface area contributed by atoms with E-state index in [1.165, 1.54) is 37.5 Å². The predicted octanol–water partition coefficient (Wildman–Crippen LogP) is 3.09. The second kappa shape index (κ2) is 9.05. The average Bonchev–Trinajstić information content (AvgIpc) is 2.68. The minimum Gasteiger partial charge on any atom is -0.490 e. The van der Waals surface area contributed by atoms with E-state index in [4.69, 9.17) is 9.47 Å². The first kappa shape index (κ1) is 19.4. The summed E-state index contributed by atoms with van der Waals surface area (Å²) in [7, 11) is 0. The molecule has 2 heterocycles. The number of piperidine rings is 1. The summed E-state index contributed by atoms with van der Waals surface area (Å²) in [6.07, 6.45) is 9.13. The van der Waals surface area contributed by atoms with Crippen molar-refractivity contribution < 1.29 is 18.7 Å². The molecule has 1 aromatic carbocycles. The van der Waals surface area contributed by atoms with Crippen LogP contribution in [0.25, 0.3) is 6.08 Å². The lowest BCUT2D eigenvalue weighted by Gasteiger charge is -2.41. The molecule has 0 bridgehead atoms. The molecule has 1 saturated carbocycles. The van der Waals surface area contributed by atoms with Crippen LogP contribution in [0.2, 0.25) is 0 Å². The number of carbonyl (C=O) groups excluding carboxylic acids is 1. The maximum Gasteiger partial charge on any atom is 0.246 e. The lowest BCUT2D eigenvalue weighted by atomic mass is 9.90. The first-order valence-corrected chi connectivity index (χ1v) is 10.4. The largest absolute Gasteiger partial charge is 0.490 e. The average molecular weight is 388 g/mol. The molecule has 1 amide bonds. The van der Waals surface area contributed by atoms with Gasteiger partial charge in [-0.15, -0.1) is 0 Å². The smallest absolute Gasteiger partial charge is 0.246 e. The molecule has 28 heavy (non-hydrogen) atoms. The van der Waals surface area contributed by atoms with Gasteiger partial charge in [0.1, 0.15) is 17.7 Å². The number of hydrogen-bond donors (Lipinski definition) is 0. The molecular formula is C22H29FN2O3. The van der Waals surface area contributed by atoms with E-state index in [1.54, 1.807) is 17.0 Å². The predicted molar refractivity (Wildman–Crippen MR) is 106 cm³/mol. The third-order valence-corrected chi connectivity index (χ3v) is 6.07. The number of ether oxygens (including phenoxy) is 2. The zero-order valence-corrected chi connectivity index (χ0v) is 16.3. The summed E-state index contributed by atoms with van der Waals surface area (Å²) < 4.78 is 25.7. The van der Waals surface area contributed by atoms with Gasteiger partial charge in [-0.25, -0.2) is 4.39 Å². The maximum atomic E-state index is 14.4. The highest BCUT2D eigenvalue weighted by Crippen LogP contribution is 2.29. The molecule has 2 saturated heterocycles. The first-order valence-electron chi connectivity index (χ1n) is 10.4. The summed E-state index contributed by atoms with van der Waals surface area (Å²) in [5.41, 5.74) is 0.397. The number of hydrogen-bond acceptors (Lipinski definition) is 4. The molecule has 4 rings (SSSR count). The van der Waals surface area contributed by atoms with Gasteiger partial charge in [-0.3, -0.25) is 4.79 Å². The van der Waals surface area contributed by atoms with E-state index >= 15 is 0 Å². The molecular weight excluding hydrogens is 359 g/mol. The van der Waals surface area contributed by atoms with Gasteiger partial charge in [0.15, 0.2) is 0 Å². The summed E-state index contributed by atoms with van der Waals surface area (Å²) in [5, 5.41) is 0. The van der Waals surface area contributed by atoms with Crippen molar-refractivity contribution >= 4 is 12.0 Å². The van der Waals surface area contributed by atoms with Crippen molar-refractivity contribution in [2.24, 2.45) is 0 Å². The van der Waals surface area contributed by atoms with Crippen molar-refractivity contribution in [3.63, 3.8) is 0 Å². The molecule has 0 radical (unpaired) electrons. The zero-order valence-electron chi connectivity index (χ0n) is 16.3. The molecule has 5 nitrogen and oxygen atoms in total. The van der Waals surface area contributed by atoms with Crippen LogP contribution >= 0.6 is 0 Å². The molecule has 0 aromatic heterocycles. The van der Waals surface area contributed by atoms with Crippen LogP contribution < -0.4 is 4.74 Å². The van der Waals surface area contributed by atoms with Gasteiger partial charge >= 0.3 is 0 Å². The van der Waals surface area contributed by atoms with Crippen molar-refractivity contribution in [3.05, 3.63) is 35.7 Å². The van der Waals surface area contributed by atoms with Crippen LogP contribution in [0, 0.1) is 5.82 Å². The van der Waals surface area contributed by atoms with Gasteiger partial charge in [-0.05, 0) is 43.9 Å². The number of morpholine rings is 1. The topological polar surface area (TPSA) is 42.0 Å². The van der Waals surface area contributed by atoms with E-state index in [9.17, 15) is 9.18 Å². The van der Waals surface area contributed by atoms with Gasteiger partial charge in [-0.2, -0.15) is 0 Å².